The Labute approximate surface area is 250 Å². The van der Waals surface area contributed by atoms with Gasteiger partial charge in [-0.2, -0.15) is 8.42 Å². The molecule has 1 heterocycles. The number of benzene rings is 4. The first kappa shape index (κ1) is 28.2. The molecule has 0 saturated carbocycles. The van der Waals surface area contributed by atoms with Gasteiger partial charge in [0.25, 0.3) is 11.1 Å². The fourth-order valence-corrected chi connectivity index (χ4v) is 6.87. The maximum absolute atomic E-state index is 13.2. The molecule has 5 rings (SSSR count). The van der Waals surface area contributed by atoms with Crippen molar-refractivity contribution in [2.75, 3.05) is 6.61 Å². The van der Waals surface area contributed by atoms with Crippen LogP contribution in [-0.4, -0.2) is 31.1 Å². The van der Waals surface area contributed by atoms with Gasteiger partial charge in [0.15, 0.2) is 11.5 Å². The SMILES string of the molecule is CCOc1cc(/C=C2\SC(=O)N(Cc3ccc4ccccc4c3)C2=O)cc(I)c1OS(=O)(=O)c1ccc(C)cc1. The Kier molecular flexibility index (Phi) is 8.20. The van der Waals surface area contributed by atoms with Crippen LogP contribution < -0.4 is 8.92 Å². The molecular formula is C30H24INO6S2. The summed E-state index contributed by atoms with van der Waals surface area (Å²) in [5, 5.41) is 1.76. The molecule has 40 heavy (non-hydrogen) atoms. The summed E-state index contributed by atoms with van der Waals surface area (Å²) < 4.78 is 37.6. The van der Waals surface area contributed by atoms with Crippen molar-refractivity contribution in [1.29, 1.82) is 0 Å². The molecule has 4 aromatic carbocycles. The van der Waals surface area contributed by atoms with Gasteiger partial charge in [0.1, 0.15) is 4.90 Å². The van der Waals surface area contributed by atoms with Crippen LogP contribution in [-0.2, 0) is 21.5 Å². The van der Waals surface area contributed by atoms with Crippen LogP contribution in [0.2, 0.25) is 0 Å². The molecule has 1 fully saturated rings. The minimum atomic E-state index is -4.11. The van der Waals surface area contributed by atoms with E-state index >= 15 is 0 Å². The molecule has 7 nitrogen and oxygen atoms in total. The van der Waals surface area contributed by atoms with Gasteiger partial charge in [-0.3, -0.25) is 14.5 Å². The highest BCUT2D eigenvalue weighted by molar-refractivity contribution is 14.1. The van der Waals surface area contributed by atoms with E-state index in [1.165, 1.54) is 17.0 Å². The maximum atomic E-state index is 13.2. The lowest BCUT2D eigenvalue weighted by atomic mass is 10.1. The lowest BCUT2D eigenvalue weighted by Gasteiger charge is -2.15. The molecule has 10 heteroatoms. The smallest absolute Gasteiger partial charge is 0.339 e. The third-order valence-corrected chi connectivity index (χ3v) is 9.10. The molecular weight excluding hydrogens is 661 g/mol. The lowest BCUT2D eigenvalue weighted by molar-refractivity contribution is -0.123. The number of carbonyl (C=O) groups excluding carboxylic acids is 2. The van der Waals surface area contributed by atoms with Crippen molar-refractivity contribution in [3.63, 3.8) is 0 Å². The Morgan fingerprint density at radius 2 is 1.68 bits per heavy atom. The number of nitrogens with zero attached hydrogens (tertiary/aromatic N) is 1. The summed E-state index contributed by atoms with van der Waals surface area (Å²) in [7, 11) is -4.11. The van der Waals surface area contributed by atoms with Crippen molar-refractivity contribution in [2.45, 2.75) is 25.3 Å². The van der Waals surface area contributed by atoms with Crippen molar-refractivity contribution < 1.29 is 26.9 Å². The van der Waals surface area contributed by atoms with Gasteiger partial charge in [-0.25, -0.2) is 0 Å². The van der Waals surface area contributed by atoms with Crippen LogP contribution in [0.5, 0.6) is 11.5 Å². The van der Waals surface area contributed by atoms with Gasteiger partial charge in [0.2, 0.25) is 0 Å². The summed E-state index contributed by atoms with van der Waals surface area (Å²) in [6.45, 7) is 4.07. The van der Waals surface area contributed by atoms with Gasteiger partial charge >= 0.3 is 10.1 Å². The van der Waals surface area contributed by atoms with Crippen LogP contribution in [0.1, 0.15) is 23.6 Å². The summed E-state index contributed by atoms with van der Waals surface area (Å²) >= 11 is 2.84. The van der Waals surface area contributed by atoms with E-state index in [1.807, 2.05) is 72.0 Å². The van der Waals surface area contributed by atoms with Crippen LogP contribution >= 0.6 is 34.4 Å². The zero-order valence-electron chi connectivity index (χ0n) is 21.6. The van der Waals surface area contributed by atoms with Gasteiger partial charge in [-0.15, -0.1) is 0 Å². The van der Waals surface area contributed by atoms with Crippen LogP contribution in [0.15, 0.2) is 88.7 Å². The topological polar surface area (TPSA) is 90.0 Å². The van der Waals surface area contributed by atoms with E-state index in [2.05, 4.69) is 0 Å². The van der Waals surface area contributed by atoms with E-state index in [1.54, 1.807) is 37.3 Å². The largest absolute Gasteiger partial charge is 0.490 e. The van der Waals surface area contributed by atoms with E-state index < -0.39 is 16.0 Å². The molecule has 0 aromatic heterocycles. The molecule has 0 bridgehead atoms. The Morgan fingerprint density at radius 1 is 0.950 bits per heavy atom. The zero-order chi connectivity index (χ0) is 28.4. The Bertz CT molecular complexity index is 1770. The monoisotopic (exact) mass is 685 g/mol. The summed E-state index contributed by atoms with van der Waals surface area (Å²) in [6, 6.07) is 23.4. The Morgan fingerprint density at radius 3 is 2.40 bits per heavy atom. The van der Waals surface area contributed by atoms with Crippen molar-refractivity contribution in [2.24, 2.45) is 0 Å². The van der Waals surface area contributed by atoms with Crippen molar-refractivity contribution >= 4 is 72.5 Å². The number of carbonyl (C=O) groups is 2. The van der Waals surface area contributed by atoms with Crippen LogP contribution in [0, 0.1) is 10.5 Å². The molecule has 0 spiro atoms. The number of amides is 2. The molecule has 0 atom stereocenters. The maximum Gasteiger partial charge on any atom is 0.339 e. The van der Waals surface area contributed by atoms with Gasteiger partial charge in [0.05, 0.1) is 21.6 Å². The molecule has 204 valence electrons. The highest BCUT2D eigenvalue weighted by Gasteiger charge is 2.35. The fraction of sp³-hybridized carbons (Fsp3) is 0.133. The highest BCUT2D eigenvalue weighted by atomic mass is 127. The lowest BCUT2D eigenvalue weighted by Crippen LogP contribution is -2.27. The van der Waals surface area contributed by atoms with Gasteiger partial charge in [-0.05, 0) is 107 Å². The van der Waals surface area contributed by atoms with Crippen LogP contribution in [0.4, 0.5) is 4.79 Å². The normalized spacial score (nSPS) is 14.8. The number of rotatable bonds is 8. The predicted molar refractivity (Wildman–Crippen MR) is 165 cm³/mol. The van der Waals surface area contributed by atoms with E-state index in [9.17, 15) is 18.0 Å². The molecule has 1 aliphatic heterocycles. The van der Waals surface area contributed by atoms with Gasteiger partial charge in [0, 0.05) is 0 Å². The summed E-state index contributed by atoms with van der Waals surface area (Å²) in [5.74, 6) is -0.116. The third-order valence-electron chi connectivity index (χ3n) is 6.16. The number of halogens is 1. The number of thioether (sulfide) groups is 1. The summed E-state index contributed by atoms with van der Waals surface area (Å²) in [4.78, 5) is 27.5. The minimum absolute atomic E-state index is 0.0283. The van der Waals surface area contributed by atoms with Crippen LogP contribution in [0.25, 0.3) is 16.8 Å². The van der Waals surface area contributed by atoms with Gasteiger partial charge < -0.3 is 8.92 Å². The van der Waals surface area contributed by atoms with Crippen molar-refractivity contribution in [3.8, 4) is 11.5 Å². The van der Waals surface area contributed by atoms with Crippen molar-refractivity contribution in [3.05, 3.63) is 104 Å². The first-order valence-electron chi connectivity index (χ1n) is 12.3. The number of fused-ring (bicyclic) bond motifs is 1. The van der Waals surface area contributed by atoms with E-state index in [0.29, 0.717) is 9.13 Å². The standard InChI is InChI=1S/C30H24INO6S2/c1-3-37-26-16-21(15-25(31)28(26)38-40(35,36)24-12-8-19(2)9-13-24)17-27-29(33)32(30(34)39-27)18-20-10-11-22-6-4-5-7-23(22)14-20/h4-17H,3,18H2,1-2H3/b27-17-. The average Bonchev–Trinajstić information content (AvgIpc) is 3.18. The number of hydrogen-bond donors (Lipinski definition) is 0. The number of aryl methyl sites for hydroxylation is 1. The average molecular weight is 686 g/mol. The molecule has 1 saturated heterocycles. The highest BCUT2D eigenvalue weighted by Crippen LogP contribution is 2.39. The first-order chi connectivity index (χ1) is 19.1. The predicted octanol–water partition coefficient (Wildman–Crippen LogP) is 7.16. The molecule has 0 aliphatic carbocycles. The molecule has 0 unspecified atom stereocenters. The molecule has 0 N–H and O–H groups in total. The van der Waals surface area contributed by atoms with E-state index in [4.69, 9.17) is 8.92 Å². The molecule has 1 aliphatic rings. The fourth-order valence-electron chi connectivity index (χ4n) is 4.19. The summed E-state index contributed by atoms with van der Waals surface area (Å²) in [6.07, 6.45) is 1.61. The molecule has 2 amide bonds. The minimum Gasteiger partial charge on any atom is -0.490 e. The van der Waals surface area contributed by atoms with Crippen LogP contribution in [0.3, 0.4) is 0 Å². The van der Waals surface area contributed by atoms with E-state index in [-0.39, 0.29) is 39.7 Å². The third kappa shape index (κ3) is 6.03. The Hall–Kier alpha value is -3.35. The van der Waals surface area contributed by atoms with Gasteiger partial charge in [-0.1, -0.05) is 54.1 Å². The first-order valence-corrected chi connectivity index (χ1v) is 15.7. The summed E-state index contributed by atoms with van der Waals surface area (Å²) in [5.41, 5.74) is 2.35. The second kappa shape index (κ2) is 11.6. The number of imide groups is 1. The second-order valence-electron chi connectivity index (χ2n) is 9.06. The molecule has 4 aromatic rings. The second-order valence-corrected chi connectivity index (χ2v) is 12.8. The Balaban J connectivity index is 1.40. The molecule has 0 radical (unpaired) electrons. The van der Waals surface area contributed by atoms with E-state index in [0.717, 1.165) is 33.7 Å². The number of hydrogen-bond acceptors (Lipinski definition) is 7. The zero-order valence-corrected chi connectivity index (χ0v) is 25.4. The quantitative estimate of drug-likeness (QED) is 0.111. The van der Waals surface area contributed by atoms with Crippen molar-refractivity contribution in [1.82, 2.24) is 4.90 Å². The number of ether oxygens (including phenoxy) is 1.